The van der Waals surface area contributed by atoms with E-state index in [9.17, 15) is 10.1 Å². The van der Waals surface area contributed by atoms with E-state index in [1.54, 1.807) is 18.6 Å². The predicted octanol–water partition coefficient (Wildman–Crippen LogP) is 0.995. The first kappa shape index (κ1) is 18.1. The molecule has 0 bridgehead atoms. The molecule has 0 radical (unpaired) electrons. The standard InChI is InChI=1S/C19H25N5O3/c20-12-18(3-1-2-4-18)17(25)24-8-10-27-19(14-24)13-23(7-9-26-15-19)16-11-21-5-6-22-16/h5-6,11H,1-4,7-10,13-15H2. The van der Waals surface area contributed by atoms with Crippen LogP contribution in [0.2, 0.25) is 0 Å². The Kier molecular flexibility index (Phi) is 4.98. The zero-order valence-corrected chi connectivity index (χ0v) is 15.5. The second-order valence-corrected chi connectivity index (χ2v) is 7.70. The molecule has 3 fully saturated rings. The van der Waals surface area contributed by atoms with Gasteiger partial charge in [-0.15, -0.1) is 0 Å². The minimum Gasteiger partial charge on any atom is -0.376 e. The molecule has 1 aromatic heterocycles. The monoisotopic (exact) mass is 371 g/mol. The van der Waals surface area contributed by atoms with Gasteiger partial charge in [-0.25, -0.2) is 4.98 Å². The molecule has 2 saturated heterocycles. The molecule has 27 heavy (non-hydrogen) atoms. The predicted molar refractivity (Wildman–Crippen MR) is 96.8 cm³/mol. The SMILES string of the molecule is N#CC1(C(=O)N2CCOC3(COCCN(c4cnccn4)C3)C2)CCCC1. The average molecular weight is 371 g/mol. The van der Waals surface area contributed by atoms with Crippen molar-refractivity contribution < 1.29 is 14.3 Å². The molecule has 8 heteroatoms. The van der Waals surface area contributed by atoms with Crippen LogP contribution in [-0.4, -0.2) is 72.4 Å². The van der Waals surface area contributed by atoms with E-state index in [4.69, 9.17) is 9.47 Å². The molecule has 8 nitrogen and oxygen atoms in total. The van der Waals surface area contributed by atoms with Crippen molar-refractivity contribution in [1.82, 2.24) is 14.9 Å². The van der Waals surface area contributed by atoms with Gasteiger partial charge in [0.25, 0.3) is 0 Å². The lowest BCUT2D eigenvalue weighted by Gasteiger charge is -2.44. The number of hydrogen-bond donors (Lipinski definition) is 0. The van der Waals surface area contributed by atoms with Crippen LogP contribution in [0.4, 0.5) is 5.82 Å². The van der Waals surface area contributed by atoms with Crippen molar-refractivity contribution in [2.75, 3.05) is 50.9 Å². The summed E-state index contributed by atoms with van der Waals surface area (Å²) >= 11 is 0. The highest BCUT2D eigenvalue weighted by molar-refractivity contribution is 5.86. The van der Waals surface area contributed by atoms with Gasteiger partial charge in [0.15, 0.2) is 0 Å². The summed E-state index contributed by atoms with van der Waals surface area (Å²) in [7, 11) is 0. The number of morpholine rings is 1. The summed E-state index contributed by atoms with van der Waals surface area (Å²) in [6.45, 7) is 3.67. The molecule has 1 atom stereocenters. The Morgan fingerprint density at radius 3 is 2.78 bits per heavy atom. The molecule has 1 amide bonds. The van der Waals surface area contributed by atoms with E-state index in [2.05, 4.69) is 20.9 Å². The lowest BCUT2D eigenvalue weighted by molar-refractivity contribution is -0.163. The summed E-state index contributed by atoms with van der Waals surface area (Å²) < 4.78 is 12.0. The van der Waals surface area contributed by atoms with Crippen LogP contribution in [0.1, 0.15) is 25.7 Å². The Morgan fingerprint density at radius 1 is 1.19 bits per heavy atom. The molecular formula is C19H25N5O3. The molecule has 0 aromatic carbocycles. The third kappa shape index (κ3) is 3.49. The largest absolute Gasteiger partial charge is 0.376 e. The first-order valence-electron chi connectivity index (χ1n) is 9.60. The van der Waals surface area contributed by atoms with E-state index in [-0.39, 0.29) is 5.91 Å². The molecular weight excluding hydrogens is 346 g/mol. The third-order valence-electron chi connectivity index (χ3n) is 5.84. The van der Waals surface area contributed by atoms with Crippen molar-refractivity contribution >= 4 is 11.7 Å². The molecule has 0 N–H and O–H groups in total. The van der Waals surface area contributed by atoms with Gasteiger partial charge in [0.2, 0.25) is 5.91 Å². The van der Waals surface area contributed by atoms with Gasteiger partial charge >= 0.3 is 0 Å². The van der Waals surface area contributed by atoms with Crippen molar-refractivity contribution in [2.45, 2.75) is 31.3 Å². The Bertz CT molecular complexity index is 716. The minimum atomic E-state index is -0.852. The van der Waals surface area contributed by atoms with Gasteiger partial charge in [0, 0.05) is 25.5 Å². The number of amides is 1. The first-order chi connectivity index (χ1) is 13.2. The molecule has 3 aliphatic rings. The fourth-order valence-electron chi connectivity index (χ4n) is 4.41. The summed E-state index contributed by atoms with van der Waals surface area (Å²) in [6.07, 6.45) is 8.25. The number of ether oxygens (including phenoxy) is 2. The van der Waals surface area contributed by atoms with Crippen LogP contribution in [0.3, 0.4) is 0 Å². The van der Waals surface area contributed by atoms with Crippen LogP contribution >= 0.6 is 0 Å². The summed E-state index contributed by atoms with van der Waals surface area (Å²) in [5, 5.41) is 9.68. The maximum absolute atomic E-state index is 13.2. The summed E-state index contributed by atoms with van der Waals surface area (Å²) in [4.78, 5) is 25.7. The molecule has 1 aromatic rings. The highest BCUT2D eigenvalue weighted by atomic mass is 16.5. The van der Waals surface area contributed by atoms with E-state index in [1.807, 2.05) is 4.90 Å². The van der Waals surface area contributed by atoms with Gasteiger partial charge in [-0.2, -0.15) is 5.26 Å². The maximum Gasteiger partial charge on any atom is 0.243 e. The van der Waals surface area contributed by atoms with Crippen molar-refractivity contribution in [2.24, 2.45) is 5.41 Å². The molecule has 1 saturated carbocycles. The van der Waals surface area contributed by atoms with Crippen molar-refractivity contribution in [3.63, 3.8) is 0 Å². The Balaban J connectivity index is 1.53. The van der Waals surface area contributed by atoms with Gasteiger partial charge in [-0.1, -0.05) is 12.8 Å². The normalized spacial score (nSPS) is 28.0. The van der Waals surface area contributed by atoms with Gasteiger partial charge in [0.1, 0.15) is 16.8 Å². The second-order valence-electron chi connectivity index (χ2n) is 7.70. The quantitative estimate of drug-likeness (QED) is 0.766. The van der Waals surface area contributed by atoms with E-state index in [1.165, 1.54) is 0 Å². The fourth-order valence-corrected chi connectivity index (χ4v) is 4.41. The van der Waals surface area contributed by atoms with Crippen LogP contribution in [0.15, 0.2) is 18.6 Å². The Morgan fingerprint density at radius 2 is 2.04 bits per heavy atom. The average Bonchev–Trinajstić information content (AvgIpc) is 3.12. The third-order valence-corrected chi connectivity index (χ3v) is 5.84. The number of rotatable bonds is 2. The Hall–Kier alpha value is -2.24. The minimum absolute atomic E-state index is 0.0412. The van der Waals surface area contributed by atoms with E-state index < -0.39 is 11.0 Å². The van der Waals surface area contributed by atoms with Crippen molar-refractivity contribution in [1.29, 1.82) is 5.26 Å². The number of aromatic nitrogens is 2. The van der Waals surface area contributed by atoms with Crippen LogP contribution < -0.4 is 4.90 Å². The number of carbonyl (C=O) groups excluding carboxylic acids is 1. The molecule has 1 aliphatic carbocycles. The molecule has 1 spiro atoms. The lowest BCUT2D eigenvalue weighted by atomic mass is 9.85. The maximum atomic E-state index is 13.2. The van der Waals surface area contributed by atoms with Crippen LogP contribution in [-0.2, 0) is 14.3 Å². The number of nitrogens with zero attached hydrogens (tertiary/aromatic N) is 5. The van der Waals surface area contributed by atoms with Crippen LogP contribution in [0.5, 0.6) is 0 Å². The second kappa shape index (κ2) is 7.41. The summed E-state index contributed by atoms with van der Waals surface area (Å²) in [5.74, 6) is 0.735. The first-order valence-corrected chi connectivity index (χ1v) is 9.60. The van der Waals surface area contributed by atoms with Gasteiger partial charge in [-0.3, -0.25) is 9.78 Å². The summed E-state index contributed by atoms with van der Waals surface area (Å²) in [5.41, 5.74) is -1.47. The lowest BCUT2D eigenvalue weighted by Crippen LogP contribution is -2.61. The van der Waals surface area contributed by atoms with Crippen molar-refractivity contribution in [3.8, 4) is 6.07 Å². The fraction of sp³-hybridized carbons (Fsp3) is 0.684. The topological polar surface area (TPSA) is 91.6 Å². The Labute approximate surface area is 159 Å². The molecule has 144 valence electrons. The van der Waals surface area contributed by atoms with E-state index >= 15 is 0 Å². The molecule has 4 rings (SSSR count). The molecule has 2 aliphatic heterocycles. The van der Waals surface area contributed by atoms with E-state index in [0.29, 0.717) is 58.8 Å². The van der Waals surface area contributed by atoms with Gasteiger partial charge in [0.05, 0.1) is 45.2 Å². The van der Waals surface area contributed by atoms with Crippen LogP contribution in [0, 0.1) is 16.7 Å². The van der Waals surface area contributed by atoms with Gasteiger partial charge in [-0.05, 0) is 12.8 Å². The van der Waals surface area contributed by atoms with E-state index in [0.717, 1.165) is 18.7 Å². The van der Waals surface area contributed by atoms with Crippen LogP contribution in [0.25, 0.3) is 0 Å². The zero-order valence-electron chi connectivity index (χ0n) is 15.5. The molecule has 1 unspecified atom stereocenters. The highest BCUT2D eigenvalue weighted by Crippen LogP contribution is 2.40. The number of carbonyl (C=O) groups is 1. The molecule has 3 heterocycles. The number of anilines is 1. The smallest absolute Gasteiger partial charge is 0.243 e. The summed E-state index contributed by atoms with van der Waals surface area (Å²) in [6, 6.07) is 2.32. The zero-order chi connectivity index (χ0) is 18.7. The number of hydrogen-bond acceptors (Lipinski definition) is 7. The van der Waals surface area contributed by atoms with Crippen molar-refractivity contribution in [3.05, 3.63) is 18.6 Å². The van der Waals surface area contributed by atoms with Gasteiger partial charge < -0.3 is 19.3 Å². The number of nitriles is 1. The highest BCUT2D eigenvalue weighted by Gasteiger charge is 2.48.